The summed E-state index contributed by atoms with van der Waals surface area (Å²) in [5.41, 5.74) is 0. The van der Waals surface area contributed by atoms with Gasteiger partial charge in [-0.25, -0.2) is 4.39 Å². The molecule has 0 spiro atoms. The van der Waals surface area contributed by atoms with Crippen LogP contribution < -0.4 is 0 Å². The van der Waals surface area contributed by atoms with Crippen LogP contribution in [0.4, 0.5) is 4.39 Å². The molecule has 0 radical (unpaired) electrons. The smallest absolute Gasteiger partial charge is 0.100 e. The molecule has 20 heavy (non-hydrogen) atoms. The Labute approximate surface area is 126 Å². The Bertz CT molecular complexity index is 173. The monoisotopic (exact) mass is 288 g/mol. The molecule has 0 aliphatic heterocycles. The first-order valence-corrected chi connectivity index (χ1v) is 9.06. The summed E-state index contributed by atoms with van der Waals surface area (Å²) in [6, 6.07) is 0. The van der Waals surface area contributed by atoms with E-state index in [0.29, 0.717) is 6.42 Å². The van der Waals surface area contributed by atoms with Crippen LogP contribution in [0.25, 0.3) is 0 Å². The molecule has 1 atom stereocenters. The van der Waals surface area contributed by atoms with Crippen molar-refractivity contribution >= 4 is 0 Å². The van der Waals surface area contributed by atoms with Gasteiger partial charge >= 0.3 is 0 Å². The van der Waals surface area contributed by atoms with E-state index < -0.39 is 6.17 Å². The second kappa shape index (κ2) is 16.9. The Morgan fingerprint density at radius 3 is 1.50 bits per heavy atom. The molecule has 122 valence electrons. The van der Waals surface area contributed by atoms with Crippen molar-refractivity contribution in [1.29, 1.82) is 0 Å². The van der Waals surface area contributed by atoms with Crippen LogP contribution in [0.3, 0.4) is 0 Å². The molecule has 0 aromatic rings. The van der Waals surface area contributed by atoms with Gasteiger partial charge in [0, 0.05) is 6.61 Å². The zero-order chi connectivity index (χ0) is 14.9. The van der Waals surface area contributed by atoms with Crippen molar-refractivity contribution in [2.45, 2.75) is 109 Å². The summed E-state index contributed by atoms with van der Waals surface area (Å²) < 4.78 is 13.4. The van der Waals surface area contributed by atoms with Gasteiger partial charge in [-0.3, -0.25) is 0 Å². The SMILES string of the molecule is CCCCCCCCCCCCC[C@H](F)CCCCO. The molecular weight excluding hydrogens is 251 g/mol. The third-order valence-corrected chi connectivity index (χ3v) is 4.05. The quantitative estimate of drug-likeness (QED) is 0.336. The predicted molar refractivity (Wildman–Crippen MR) is 86.9 cm³/mol. The highest BCUT2D eigenvalue weighted by Crippen LogP contribution is 2.15. The molecule has 0 aromatic carbocycles. The largest absolute Gasteiger partial charge is 0.396 e. The van der Waals surface area contributed by atoms with E-state index in [1.807, 2.05) is 0 Å². The van der Waals surface area contributed by atoms with Gasteiger partial charge in [0.15, 0.2) is 0 Å². The van der Waals surface area contributed by atoms with Crippen molar-refractivity contribution < 1.29 is 9.50 Å². The van der Waals surface area contributed by atoms with Crippen LogP contribution in [0.15, 0.2) is 0 Å². The van der Waals surface area contributed by atoms with Gasteiger partial charge in [0.2, 0.25) is 0 Å². The van der Waals surface area contributed by atoms with Gasteiger partial charge < -0.3 is 5.11 Å². The minimum atomic E-state index is -0.639. The average molecular weight is 288 g/mol. The Kier molecular flexibility index (Phi) is 16.8. The van der Waals surface area contributed by atoms with Gasteiger partial charge in [-0.1, -0.05) is 77.6 Å². The normalized spacial score (nSPS) is 12.8. The molecule has 0 amide bonds. The van der Waals surface area contributed by atoms with E-state index in [1.165, 1.54) is 64.2 Å². The molecule has 0 saturated heterocycles. The zero-order valence-electron chi connectivity index (χ0n) is 13.7. The number of aliphatic hydroxyl groups is 1. The minimum absolute atomic E-state index is 0.200. The van der Waals surface area contributed by atoms with Crippen molar-refractivity contribution in [1.82, 2.24) is 0 Å². The first-order chi connectivity index (χ1) is 9.81. The molecule has 0 aliphatic carbocycles. The van der Waals surface area contributed by atoms with Gasteiger partial charge in [-0.2, -0.15) is 0 Å². The Morgan fingerprint density at radius 1 is 0.650 bits per heavy atom. The van der Waals surface area contributed by atoms with E-state index >= 15 is 0 Å². The van der Waals surface area contributed by atoms with E-state index in [-0.39, 0.29) is 6.61 Å². The lowest BCUT2D eigenvalue weighted by Crippen LogP contribution is -2.00. The Balaban J connectivity index is 3.05. The molecule has 0 heterocycles. The molecule has 0 fully saturated rings. The van der Waals surface area contributed by atoms with E-state index in [0.717, 1.165) is 25.7 Å². The molecule has 2 heteroatoms. The summed E-state index contributed by atoms with van der Waals surface area (Å²) in [5.74, 6) is 0. The number of unbranched alkanes of at least 4 members (excludes halogenated alkanes) is 11. The lowest BCUT2D eigenvalue weighted by atomic mass is 10.0. The van der Waals surface area contributed by atoms with Gasteiger partial charge in [-0.15, -0.1) is 0 Å². The number of halogens is 1. The zero-order valence-corrected chi connectivity index (χ0v) is 13.7. The van der Waals surface area contributed by atoms with Crippen LogP contribution in [0.5, 0.6) is 0 Å². The molecule has 0 aliphatic rings. The number of hydrogen-bond acceptors (Lipinski definition) is 1. The molecule has 1 nitrogen and oxygen atoms in total. The van der Waals surface area contributed by atoms with E-state index in [4.69, 9.17) is 5.11 Å². The van der Waals surface area contributed by atoms with Crippen molar-refractivity contribution in [3.63, 3.8) is 0 Å². The third-order valence-electron chi connectivity index (χ3n) is 4.05. The van der Waals surface area contributed by atoms with Crippen molar-refractivity contribution in [3.05, 3.63) is 0 Å². The van der Waals surface area contributed by atoms with Gasteiger partial charge in [0.25, 0.3) is 0 Å². The van der Waals surface area contributed by atoms with Gasteiger partial charge in [0.1, 0.15) is 6.17 Å². The maximum absolute atomic E-state index is 13.4. The van der Waals surface area contributed by atoms with Crippen LogP contribution in [0.2, 0.25) is 0 Å². The fraction of sp³-hybridized carbons (Fsp3) is 1.00. The number of hydrogen-bond donors (Lipinski definition) is 1. The summed E-state index contributed by atoms with van der Waals surface area (Å²) >= 11 is 0. The van der Waals surface area contributed by atoms with Gasteiger partial charge in [0.05, 0.1) is 0 Å². The third kappa shape index (κ3) is 15.9. The van der Waals surface area contributed by atoms with E-state index in [1.54, 1.807) is 0 Å². The molecule has 1 N–H and O–H groups in total. The second-order valence-corrected chi connectivity index (χ2v) is 6.14. The lowest BCUT2D eigenvalue weighted by Gasteiger charge is -2.07. The summed E-state index contributed by atoms with van der Waals surface area (Å²) in [7, 11) is 0. The number of rotatable bonds is 16. The van der Waals surface area contributed by atoms with Gasteiger partial charge in [-0.05, 0) is 25.7 Å². The molecular formula is C18H37FO. The van der Waals surface area contributed by atoms with Crippen molar-refractivity contribution in [2.75, 3.05) is 6.61 Å². The second-order valence-electron chi connectivity index (χ2n) is 6.14. The number of alkyl halides is 1. The fourth-order valence-electron chi connectivity index (χ4n) is 2.65. The summed E-state index contributed by atoms with van der Waals surface area (Å²) in [6.07, 6.45) is 16.8. The summed E-state index contributed by atoms with van der Waals surface area (Å²) in [5, 5.41) is 8.63. The Hall–Kier alpha value is -0.110. The molecule has 0 aromatic heterocycles. The molecule has 0 bridgehead atoms. The first-order valence-electron chi connectivity index (χ1n) is 9.06. The topological polar surface area (TPSA) is 20.2 Å². The number of aliphatic hydroxyl groups excluding tert-OH is 1. The predicted octanol–water partition coefficient (Wildman–Crippen LogP) is 6.19. The van der Waals surface area contributed by atoms with E-state index in [2.05, 4.69) is 6.92 Å². The fourth-order valence-corrected chi connectivity index (χ4v) is 2.65. The minimum Gasteiger partial charge on any atom is -0.396 e. The van der Waals surface area contributed by atoms with E-state index in [9.17, 15) is 4.39 Å². The lowest BCUT2D eigenvalue weighted by molar-refractivity contribution is 0.251. The summed E-state index contributed by atoms with van der Waals surface area (Å²) in [4.78, 5) is 0. The standard InChI is InChI=1S/C18H37FO/c1-2-3-4-5-6-7-8-9-10-11-12-15-18(19)16-13-14-17-20/h18,20H,2-17H2,1H3/t18-/m0/s1. The molecule has 0 unspecified atom stereocenters. The highest BCUT2D eigenvalue weighted by atomic mass is 19.1. The maximum Gasteiger partial charge on any atom is 0.100 e. The average Bonchev–Trinajstić information content (AvgIpc) is 2.45. The molecule has 0 rings (SSSR count). The highest BCUT2D eigenvalue weighted by molar-refractivity contribution is 4.57. The van der Waals surface area contributed by atoms with Crippen LogP contribution in [0.1, 0.15) is 103 Å². The first kappa shape index (κ1) is 19.9. The maximum atomic E-state index is 13.4. The van der Waals surface area contributed by atoms with Crippen LogP contribution in [0, 0.1) is 0 Å². The Morgan fingerprint density at radius 2 is 1.05 bits per heavy atom. The van der Waals surface area contributed by atoms with Crippen LogP contribution >= 0.6 is 0 Å². The van der Waals surface area contributed by atoms with Crippen LogP contribution in [-0.2, 0) is 0 Å². The summed E-state index contributed by atoms with van der Waals surface area (Å²) in [6.45, 7) is 2.46. The van der Waals surface area contributed by atoms with Crippen molar-refractivity contribution in [2.24, 2.45) is 0 Å². The highest BCUT2D eigenvalue weighted by Gasteiger charge is 2.05. The van der Waals surface area contributed by atoms with Crippen molar-refractivity contribution in [3.8, 4) is 0 Å². The van der Waals surface area contributed by atoms with Crippen LogP contribution in [-0.4, -0.2) is 17.9 Å². The molecule has 0 saturated carbocycles.